The van der Waals surface area contributed by atoms with Crippen LogP contribution < -0.4 is 10.2 Å². The van der Waals surface area contributed by atoms with Crippen molar-refractivity contribution >= 4 is 28.2 Å². The lowest BCUT2D eigenvalue weighted by atomic mass is 10.2. The second kappa shape index (κ2) is 8.82. The maximum absolute atomic E-state index is 4.73. The molecule has 0 aliphatic carbocycles. The molecule has 0 bridgehead atoms. The fraction of sp³-hybridized carbons (Fsp3) is 0.786. The topological polar surface area (TPSA) is 28.2 Å². The zero-order chi connectivity index (χ0) is 14.3. The number of hydrogen-bond donors (Lipinski definition) is 1. The zero-order valence-corrected chi connectivity index (χ0v) is 14.4. The van der Waals surface area contributed by atoms with Crippen molar-refractivity contribution in [2.24, 2.45) is 5.92 Å². The summed E-state index contributed by atoms with van der Waals surface area (Å²) in [6, 6.07) is 0.581. The van der Waals surface area contributed by atoms with Crippen molar-refractivity contribution in [3.05, 3.63) is 11.1 Å². The van der Waals surface area contributed by atoms with Crippen LogP contribution in [-0.4, -0.2) is 36.6 Å². The van der Waals surface area contributed by atoms with E-state index in [2.05, 4.69) is 49.7 Å². The summed E-state index contributed by atoms with van der Waals surface area (Å²) >= 11 is 3.66. The summed E-state index contributed by atoms with van der Waals surface area (Å²) in [6.07, 6.45) is 3.33. The van der Waals surface area contributed by atoms with Crippen LogP contribution in [0.15, 0.2) is 5.38 Å². The van der Waals surface area contributed by atoms with Gasteiger partial charge < -0.3 is 10.2 Å². The van der Waals surface area contributed by atoms with Gasteiger partial charge in [0.2, 0.25) is 0 Å². The van der Waals surface area contributed by atoms with Crippen LogP contribution in [0.2, 0.25) is 0 Å². The lowest BCUT2D eigenvalue weighted by molar-refractivity contribution is 0.549. The summed E-state index contributed by atoms with van der Waals surface area (Å²) in [4.78, 5) is 7.06. The van der Waals surface area contributed by atoms with Crippen LogP contribution in [0.25, 0.3) is 0 Å². The average Bonchev–Trinajstić information content (AvgIpc) is 2.83. The van der Waals surface area contributed by atoms with Gasteiger partial charge in [0.1, 0.15) is 0 Å². The highest BCUT2D eigenvalue weighted by atomic mass is 32.2. The van der Waals surface area contributed by atoms with Gasteiger partial charge in [-0.3, -0.25) is 0 Å². The third kappa shape index (κ3) is 5.71. The minimum absolute atomic E-state index is 0.581. The highest BCUT2D eigenvalue weighted by Crippen LogP contribution is 2.23. The Bertz CT molecular complexity index is 352. The summed E-state index contributed by atoms with van der Waals surface area (Å²) < 4.78 is 0. The highest BCUT2D eigenvalue weighted by molar-refractivity contribution is 7.98. The SMILES string of the molecule is CCC(CSC)N(C)c1nc(CNCC(C)C)cs1. The van der Waals surface area contributed by atoms with E-state index in [0.29, 0.717) is 12.0 Å². The molecule has 0 aliphatic rings. The van der Waals surface area contributed by atoms with Crippen LogP contribution in [0.1, 0.15) is 32.9 Å². The number of nitrogens with one attached hydrogen (secondary N) is 1. The fourth-order valence-corrected chi connectivity index (χ4v) is 3.59. The van der Waals surface area contributed by atoms with E-state index in [-0.39, 0.29) is 0 Å². The molecule has 1 aromatic rings. The van der Waals surface area contributed by atoms with Crippen molar-refractivity contribution in [2.45, 2.75) is 39.8 Å². The van der Waals surface area contributed by atoms with Gasteiger partial charge in [-0.1, -0.05) is 20.8 Å². The van der Waals surface area contributed by atoms with Crippen molar-refractivity contribution in [2.75, 3.05) is 30.5 Å². The molecule has 0 aromatic carbocycles. The molecular formula is C14H27N3S2. The predicted molar refractivity (Wildman–Crippen MR) is 89.5 cm³/mol. The molecule has 0 saturated carbocycles. The van der Waals surface area contributed by atoms with E-state index < -0.39 is 0 Å². The van der Waals surface area contributed by atoms with Gasteiger partial charge in [-0.15, -0.1) is 11.3 Å². The molecule has 1 N–H and O–H groups in total. The smallest absolute Gasteiger partial charge is 0.185 e. The quantitative estimate of drug-likeness (QED) is 0.756. The number of aromatic nitrogens is 1. The number of anilines is 1. The highest BCUT2D eigenvalue weighted by Gasteiger charge is 2.15. The molecule has 110 valence electrons. The maximum Gasteiger partial charge on any atom is 0.185 e. The molecule has 5 heteroatoms. The van der Waals surface area contributed by atoms with Crippen LogP contribution in [0.3, 0.4) is 0 Å². The fourth-order valence-electron chi connectivity index (χ4n) is 1.88. The van der Waals surface area contributed by atoms with Gasteiger partial charge in [0.25, 0.3) is 0 Å². The second-order valence-corrected chi connectivity index (χ2v) is 7.02. The molecule has 0 spiro atoms. The third-order valence-corrected chi connectivity index (χ3v) is 4.78. The molecule has 0 radical (unpaired) electrons. The molecule has 1 aromatic heterocycles. The molecule has 0 aliphatic heterocycles. The van der Waals surface area contributed by atoms with Crippen LogP contribution in [0, 0.1) is 5.92 Å². The Morgan fingerprint density at radius 1 is 1.47 bits per heavy atom. The average molecular weight is 302 g/mol. The maximum atomic E-state index is 4.73. The Hall–Kier alpha value is -0.260. The van der Waals surface area contributed by atoms with Crippen LogP contribution >= 0.6 is 23.1 Å². The van der Waals surface area contributed by atoms with Gasteiger partial charge in [0.05, 0.1) is 5.69 Å². The Labute approximate surface area is 126 Å². The third-order valence-electron chi connectivity index (χ3n) is 3.08. The molecule has 0 fully saturated rings. The normalized spacial score (nSPS) is 12.9. The van der Waals surface area contributed by atoms with E-state index in [4.69, 9.17) is 4.98 Å². The molecule has 19 heavy (non-hydrogen) atoms. The minimum atomic E-state index is 0.581. The van der Waals surface area contributed by atoms with E-state index in [9.17, 15) is 0 Å². The number of thioether (sulfide) groups is 1. The lowest BCUT2D eigenvalue weighted by Crippen LogP contribution is -2.33. The Balaban J connectivity index is 2.52. The van der Waals surface area contributed by atoms with Crippen molar-refractivity contribution in [1.82, 2.24) is 10.3 Å². The first-order chi connectivity index (χ1) is 9.08. The summed E-state index contributed by atoms with van der Waals surface area (Å²) in [6.45, 7) is 8.62. The second-order valence-electron chi connectivity index (χ2n) is 5.27. The number of rotatable bonds is 9. The lowest BCUT2D eigenvalue weighted by Gasteiger charge is -2.26. The Morgan fingerprint density at radius 2 is 2.21 bits per heavy atom. The van der Waals surface area contributed by atoms with E-state index in [1.807, 2.05) is 11.8 Å². The number of hydrogen-bond acceptors (Lipinski definition) is 5. The zero-order valence-electron chi connectivity index (χ0n) is 12.8. The molecule has 1 rings (SSSR count). The summed E-state index contributed by atoms with van der Waals surface area (Å²) in [5.74, 6) is 1.85. The van der Waals surface area contributed by atoms with E-state index in [1.165, 1.54) is 0 Å². The van der Waals surface area contributed by atoms with E-state index >= 15 is 0 Å². The standard InChI is InChI=1S/C14H27N3S2/c1-6-13(10-18-5)17(4)14-16-12(9-19-14)8-15-7-11(2)3/h9,11,13,15H,6-8,10H2,1-5H3. The van der Waals surface area contributed by atoms with Gasteiger partial charge in [-0.2, -0.15) is 11.8 Å². The summed E-state index contributed by atoms with van der Waals surface area (Å²) in [5.41, 5.74) is 1.16. The van der Waals surface area contributed by atoms with Crippen LogP contribution in [0.4, 0.5) is 5.13 Å². The monoisotopic (exact) mass is 301 g/mol. The first-order valence-corrected chi connectivity index (χ1v) is 9.22. The van der Waals surface area contributed by atoms with Gasteiger partial charge in [0, 0.05) is 30.8 Å². The first kappa shape index (κ1) is 16.8. The van der Waals surface area contributed by atoms with E-state index in [1.54, 1.807) is 11.3 Å². The molecule has 1 unspecified atom stereocenters. The Morgan fingerprint density at radius 3 is 2.79 bits per heavy atom. The molecule has 1 atom stereocenters. The van der Waals surface area contributed by atoms with Gasteiger partial charge in [0.15, 0.2) is 5.13 Å². The largest absolute Gasteiger partial charge is 0.347 e. The minimum Gasteiger partial charge on any atom is -0.347 e. The number of thiazole rings is 1. The van der Waals surface area contributed by atoms with Crippen LogP contribution in [0.5, 0.6) is 0 Å². The van der Waals surface area contributed by atoms with E-state index in [0.717, 1.165) is 36.1 Å². The van der Waals surface area contributed by atoms with Gasteiger partial charge >= 0.3 is 0 Å². The Kier molecular flexibility index (Phi) is 7.80. The van der Waals surface area contributed by atoms with Gasteiger partial charge in [-0.25, -0.2) is 4.98 Å². The van der Waals surface area contributed by atoms with Crippen LogP contribution in [-0.2, 0) is 6.54 Å². The molecule has 1 heterocycles. The molecule has 3 nitrogen and oxygen atoms in total. The van der Waals surface area contributed by atoms with Crippen molar-refractivity contribution in [3.8, 4) is 0 Å². The molecular weight excluding hydrogens is 274 g/mol. The van der Waals surface area contributed by atoms with Gasteiger partial charge in [-0.05, 0) is 25.1 Å². The predicted octanol–water partition coefficient (Wildman–Crippen LogP) is 3.47. The van der Waals surface area contributed by atoms with Crippen molar-refractivity contribution in [1.29, 1.82) is 0 Å². The van der Waals surface area contributed by atoms with Crippen molar-refractivity contribution in [3.63, 3.8) is 0 Å². The number of nitrogens with zero attached hydrogens (tertiary/aromatic N) is 2. The summed E-state index contributed by atoms with van der Waals surface area (Å²) in [7, 11) is 2.16. The molecule has 0 saturated heterocycles. The van der Waals surface area contributed by atoms with Crippen molar-refractivity contribution < 1.29 is 0 Å². The molecule has 0 amide bonds. The first-order valence-electron chi connectivity index (χ1n) is 6.95. The summed E-state index contributed by atoms with van der Waals surface area (Å²) in [5, 5.41) is 6.76.